The van der Waals surface area contributed by atoms with Crippen LogP contribution in [0.2, 0.25) is 0 Å². The molecule has 134 valence electrons. The van der Waals surface area contributed by atoms with Crippen molar-refractivity contribution in [1.29, 1.82) is 0 Å². The summed E-state index contributed by atoms with van der Waals surface area (Å²) in [7, 11) is 0. The zero-order chi connectivity index (χ0) is 17.7. The largest absolute Gasteiger partial charge is 0.349 e. The Morgan fingerprint density at radius 1 is 1.08 bits per heavy atom. The lowest BCUT2D eigenvalue weighted by molar-refractivity contribution is -0.123. The molecule has 1 aliphatic carbocycles. The van der Waals surface area contributed by atoms with Gasteiger partial charge in [0, 0.05) is 11.5 Å². The monoisotopic (exact) mass is 350 g/mol. The van der Waals surface area contributed by atoms with E-state index in [1.165, 1.54) is 43.4 Å². The first-order valence-corrected chi connectivity index (χ1v) is 9.82. The maximum absolute atomic E-state index is 12.6. The molecule has 0 radical (unpaired) electrons. The van der Waals surface area contributed by atoms with Gasteiger partial charge in [0.15, 0.2) is 0 Å². The molecule has 1 aromatic rings. The Morgan fingerprint density at radius 3 is 2.25 bits per heavy atom. The first-order valence-electron chi connectivity index (χ1n) is 9.00. The van der Waals surface area contributed by atoms with E-state index in [9.17, 15) is 9.59 Å². The molecule has 0 spiro atoms. The molecule has 2 amide bonds. The molecule has 0 unspecified atom stereocenters. The van der Waals surface area contributed by atoms with E-state index >= 15 is 0 Å². The fourth-order valence-corrected chi connectivity index (χ4v) is 3.89. The number of aryl methyl sites for hydroxylation is 1. The van der Waals surface area contributed by atoms with E-state index in [0.717, 1.165) is 23.4 Å². The molecule has 0 aromatic carbocycles. The van der Waals surface area contributed by atoms with Gasteiger partial charge in [-0.15, -0.1) is 11.3 Å². The molecule has 1 heterocycles. The van der Waals surface area contributed by atoms with Crippen molar-refractivity contribution >= 4 is 28.2 Å². The molecule has 1 saturated carbocycles. The van der Waals surface area contributed by atoms with Crippen LogP contribution in [-0.2, 0) is 4.79 Å². The van der Waals surface area contributed by atoms with Crippen molar-refractivity contribution in [2.24, 2.45) is 5.41 Å². The lowest BCUT2D eigenvalue weighted by atomic mass is 9.96. The van der Waals surface area contributed by atoms with Crippen LogP contribution >= 0.6 is 11.3 Å². The van der Waals surface area contributed by atoms with E-state index in [1.54, 1.807) is 0 Å². The number of hydrogen-bond donors (Lipinski definition) is 2. The average Bonchev–Trinajstić information content (AvgIpc) is 2.81. The molecule has 24 heavy (non-hydrogen) atoms. The Labute approximate surface area is 149 Å². The average molecular weight is 351 g/mol. The highest BCUT2D eigenvalue weighted by atomic mass is 32.1. The normalized spacial score (nSPS) is 17.0. The number of carbonyl (C=O) groups excluding carboxylic acids is 2. The van der Waals surface area contributed by atoms with Gasteiger partial charge in [0.25, 0.3) is 5.91 Å². The summed E-state index contributed by atoms with van der Waals surface area (Å²) in [6, 6.07) is 2.17. The molecule has 0 bridgehead atoms. The van der Waals surface area contributed by atoms with Crippen LogP contribution in [0, 0.1) is 12.3 Å². The molecule has 4 nitrogen and oxygen atoms in total. The third kappa shape index (κ3) is 5.33. The predicted octanol–water partition coefficient (Wildman–Crippen LogP) is 4.88. The van der Waals surface area contributed by atoms with Crippen molar-refractivity contribution < 1.29 is 9.59 Å². The summed E-state index contributed by atoms with van der Waals surface area (Å²) in [5, 5.41) is 6.86. The maximum Gasteiger partial charge on any atom is 0.261 e. The first-order chi connectivity index (χ1) is 11.3. The van der Waals surface area contributed by atoms with E-state index < -0.39 is 5.41 Å². The minimum Gasteiger partial charge on any atom is -0.349 e. The maximum atomic E-state index is 12.6. The number of hydrogen-bond acceptors (Lipinski definition) is 3. The van der Waals surface area contributed by atoms with Crippen LogP contribution < -0.4 is 10.6 Å². The summed E-state index contributed by atoms with van der Waals surface area (Å²) in [6.07, 6.45) is 8.40. The van der Waals surface area contributed by atoms with Gasteiger partial charge in [-0.25, -0.2) is 0 Å². The Hall–Kier alpha value is -1.36. The van der Waals surface area contributed by atoms with Crippen molar-refractivity contribution in [2.75, 3.05) is 5.32 Å². The highest BCUT2D eigenvalue weighted by molar-refractivity contribution is 7.18. The quantitative estimate of drug-likeness (QED) is 0.816. The molecule has 5 heteroatoms. The van der Waals surface area contributed by atoms with Gasteiger partial charge in [0.05, 0.1) is 9.88 Å². The number of thiophene rings is 1. The summed E-state index contributed by atoms with van der Waals surface area (Å²) in [4.78, 5) is 25.4. The van der Waals surface area contributed by atoms with Gasteiger partial charge in [-0.05, 0) is 31.4 Å². The van der Waals surface area contributed by atoms with Crippen molar-refractivity contribution in [3.05, 3.63) is 16.5 Å². The molecule has 0 saturated heterocycles. The zero-order valence-electron chi connectivity index (χ0n) is 15.3. The highest BCUT2D eigenvalue weighted by Gasteiger charge is 2.23. The third-order valence-corrected chi connectivity index (χ3v) is 5.63. The van der Waals surface area contributed by atoms with E-state index in [2.05, 4.69) is 10.6 Å². The van der Waals surface area contributed by atoms with Gasteiger partial charge in [-0.3, -0.25) is 9.59 Å². The van der Waals surface area contributed by atoms with Crippen LogP contribution in [0.3, 0.4) is 0 Å². The molecule has 1 fully saturated rings. The predicted molar refractivity (Wildman–Crippen MR) is 101 cm³/mol. The van der Waals surface area contributed by atoms with Crippen molar-refractivity contribution in [3.63, 3.8) is 0 Å². The third-order valence-electron chi connectivity index (χ3n) is 4.48. The lowest BCUT2D eigenvalue weighted by Gasteiger charge is -2.20. The summed E-state index contributed by atoms with van der Waals surface area (Å²) in [5.74, 6) is -0.0324. The zero-order valence-corrected chi connectivity index (χ0v) is 16.1. The summed E-state index contributed by atoms with van der Waals surface area (Å²) >= 11 is 1.37. The molecule has 2 N–H and O–H groups in total. The summed E-state index contributed by atoms with van der Waals surface area (Å²) in [6.45, 7) is 7.57. The second-order valence-electron chi connectivity index (χ2n) is 7.84. The second-order valence-corrected chi connectivity index (χ2v) is 8.89. The Bertz CT molecular complexity index is 579. The smallest absolute Gasteiger partial charge is 0.261 e. The van der Waals surface area contributed by atoms with Gasteiger partial charge in [-0.2, -0.15) is 0 Å². The second kappa shape index (κ2) is 8.15. The van der Waals surface area contributed by atoms with E-state index in [-0.39, 0.29) is 17.9 Å². The first kappa shape index (κ1) is 19.0. The van der Waals surface area contributed by atoms with Gasteiger partial charge < -0.3 is 10.6 Å². The Kier molecular flexibility index (Phi) is 6.44. The number of carbonyl (C=O) groups is 2. The highest BCUT2D eigenvalue weighted by Crippen LogP contribution is 2.29. The number of rotatable bonds is 3. The fourth-order valence-electron chi connectivity index (χ4n) is 2.92. The van der Waals surface area contributed by atoms with Crippen LogP contribution in [0.1, 0.15) is 81.0 Å². The summed E-state index contributed by atoms with van der Waals surface area (Å²) < 4.78 is 0. The van der Waals surface area contributed by atoms with Crippen LogP contribution in [0.25, 0.3) is 0 Å². The topological polar surface area (TPSA) is 58.2 Å². The van der Waals surface area contributed by atoms with Crippen LogP contribution in [0.15, 0.2) is 6.07 Å². The van der Waals surface area contributed by atoms with E-state index in [0.29, 0.717) is 4.88 Å². The number of anilines is 1. The van der Waals surface area contributed by atoms with E-state index in [1.807, 2.05) is 33.8 Å². The lowest BCUT2D eigenvalue weighted by Crippen LogP contribution is -2.35. The molecule has 0 atom stereocenters. The van der Waals surface area contributed by atoms with Gasteiger partial charge >= 0.3 is 0 Å². The fraction of sp³-hybridized carbons (Fsp3) is 0.684. The van der Waals surface area contributed by atoms with Crippen molar-refractivity contribution in [2.45, 2.75) is 78.7 Å². The number of amides is 2. The van der Waals surface area contributed by atoms with Crippen LogP contribution in [0.5, 0.6) is 0 Å². The SMILES string of the molecule is Cc1cc(NC(=O)C(C)(C)C)sc1C(=O)NC1CCCCCCC1. The van der Waals surface area contributed by atoms with Gasteiger partial charge in [-0.1, -0.05) is 52.9 Å². The summed E-state index contributed by atoms with van der Waals surface area (Å²) in [5.41, 5.74) is 0.478. The van der Waals surface area contributed by atoms with Gasteiger partial charge in [0.1, 0.15) is 0 Å². The minimum atomic E-state index is -0.445. The molecule has 1 aromatic heterocycles. The molecular weight excluding hydrogens is 320 g/mol. The van der Waals surface area contributed by atoms with Crippen molar-refractivity contribution in [1.82, 2.24) is 5.32 Å². The molecule has 1 aliphatic rings. The molecular formula is C19H30N2O2S. The standard InChI is InChI=1S/C19H30N2O2S/c1-13-12-15(21-18(23)19(2,3)4)24-16(13)17(22)20-14-10-8-6-5-7-9-11-14/h12,14H,5-11H2,1-4H3,(H,20,22)(H,21,23). The molecule has 2 rings (SSSR count). The minimum absolute atomic E-state index is 0.000619. The Morgan fingerprint density at radius 2 is 1.67 bits per heavy atom. The Balaban J connectivity index is 2.00. The number of nitrogens with one attached hydrogen (secondary N) is 2. The van der Waals surface area contributed by atoms with Crippen LogP contribution in [0.4, 0.5) is 5.00 Å². The van der Waals surface area contributed by atoms with Gasteiger partial charge in [0.2, 0.25) is 5.91 Å². The van der Waals surface area contributed by atoms with Crippen LogP contribution in [-0.4, -0.2) is 17.9 Å². The molecule has 0 aliphatic heterocycles. The van der Waals surface area contributed by atoms with E-state index in [4.69, 9.17) is 0 Å². The van der Waals surface area contributed by atoms with Crippen molar-refractivity contribution in [3.8, 4) is 0 Å².